The van der Waals surface area contributed by atoms with Gasteiger partial charge in [0.1, 0.15) is 5.69 Å². The molecule has 1 N–H and O–H groups in total. The lowest BCUT2D eigenvalue weighted by Crippen LogP contribution is -2.39. The lowest BCUT2D eigenvalue weighted by molar-refractivity contribution is -0.227. The first-order valence-electron chi connectivity index (χ1n) is 11.4. The van der Waals surface area contributed by atoms with E-state index in [1.165, 1.54) is 5.56 Å². The van der Waals surface area contributed by atoms with Crippen LogP contribution in [0.3, 0.4) is 0 Å². The first-order chi connectivity index (χ1) is 16.0. The van der Waals surface area contributed by atoms with Crippen LogP contribution in [-0.4, -0.2) is 46.0 Å². The van der Waals surface area contributed by atoms with E-state index in [2.05, 4.69) is 65.4 Å². The van der Waals surface area contributed by atoms with E-state index < -0.39 is 0 Å². The van der Waals surface area contributed by atoms with Crippen molar-refractivity contribution >= 4 is 0 Å². The molecule has 7 heteroatoms. The topological polar surface area (TPSA) is 74.1 Å². The molecule has 2 aromatic heterocycles. The average molecular weight is 446 g/mol. The van der Waals surface area contributed by atoms with Gasteiger partial charge in [-0.1, -0.05) is 50.0 Å². The molecule has 1 fully saturated rings. The summed E-state index contributed by atoms with van der Waals surface area (Å²) in [6.45, 7) is 9.61. The SMILES string of the molecule is CCc1cc(C#CCNCc2ccccn2)ccc1-c1cn(CC2OCC(C)(C)CO2)nn1. The molecule has 3 aromatic rings. The summed E-state index contributed by atoms with van der Waals surface area (Å²) >= 11 is 0. The molecule has 0 unspecified atom stereocenters. The van der Waals surface area contributed by atoms with Gasteiger partial charge in [0, 0.05) is 29.3 Å². The Bertz CT molecular complexity index is 1100. The van der Waals surface area contributed by atoms with Crippen molar-refractivity contribution in [1.29, 1.82) is 0 Å². The van der Waals surface area contributed by atoms with Crippen molar-refractivity contribution in [2.75, 3.05) is 19.8 Å². The fraction of sp³-hybridized carbons (Fsp3) is 0.423. The Labute approximate surface area is 195 Å². The second-order valence-electron chi connectivity index (χ2n) is 8.99. The third-order valence-electron chi connectivity index (χ3n) is 5.44. The summed E-state index contributed by atoms with van der Waals surface area (Å²) in [7, 11) is 0. The largest absolute Gasteiger partial charge is 0.350 e. The van der Waals surface area contributed by atoms with E-state index in [1.54, 1.807) is 10.9 Å². The summed E-state index contributed by atoms with van der Waals surface area (Å²) in [5, 5.41) is 12.0. The number of hydrogen-bond donors (Lipinski definition) is 1. The summed E-state index contributed by atoms with van der Waals surface area (Å²) in [6, 6.07) is 12.1. The van der Waals surface area contributed by atoms with E-state index in [4.69, 9.17) is 9.47 Å². The third kappa shape index (κ3) is 6.48. The van der Waals surface area contributed by atoms with Gasteiger partial charge in [-0.05, 0) is 36.2 Å². The van der Waals surface area contributed by atoms with Crippen LogP contribution in [0, 0.1) is 17.3 Å². The van der Waals surface area contributed by atoms with Gasteiger partial charge in [-0.2, -0.15) is 0 Å². The molecule has 0 aliphatic carbocycles. The van der Waals surface area contributed by atoms with Crippen molar-refractivity contribution in [2.45, 2.75) is 46.6 Å². The quantitative estimate of drug-likeness (QED) is 0.444. The second-order valence-corrected chi connectivity index (χ2v) is 8.99. The Kier molecular flexibility index (Phi) is 7.50. The molecule has 1 aliphatic heterocycles. The zero-order valence-electron chi connectivity index (χ0n) is 19.5. The summed E-state index contributed by atoms with van der Waals surface area (Å²) < 4.78 is 13.4. The molecule has 4 rings (SSSR count). The van der Waals surface area contributed by atoms with Gasteiger partial charge in [0.15, 0.2) is 6.29 Å². The van der Waals surface area contributed by atoms with Gasteiger partial charge in [0.2, 0.25) is 0 Å². The van der Waals surface area contributed by atoms with Crippen molar-refractivity contribution in [1.82, 2.24) is 25.3 Å². The summed E-state index contributed by atoms with van der Waals surface area (Å²) in [4.78, 5) is 4.30. The smallest absolute Gasteiger partial charge is 0.177 e. The lowest BCUT2D eigenvalue weighted by Gasteiger charge is -2.34. The summed E-state index contributed by atoms with van der Waals surface area (Å²) in [5.41, 5.74) is 5.18. The van der Waals surface area contributed by atoms with E-state index in [1.807, 2.05) is 30.5 Å². The molecule has 1 saturated heterocycles. The molecular formula is C26H31N5O2. The Morgan fingerprint density at radius 2 is 2.03 bits per heavy atom. The average Bonchev–Trinajstić information content (AvgIpc) is 3.29. The van der Waals surface area contributed by atoms with Crippen molar-refractivity contribution < 1.29 is 9.47 Å². The minimum Gasteiger partial charge on any atom is -0.350 e. The maximum Gasteiger partial charge on any atom is 0.177 e. The highest BCUT2D eigenvalue weighted by Gasteiger charge is 2.28. The van der Waals surface area contributed by atoms with E-state index in [0.29, 0.717) is 32.8 Å². The molecule has 0 radical (unpaired) electrons. The van der Waals surface area contributed by atoms with Crippen LogP contribution in [0.25, 0.3) is 11.3 Å². The molecule has 0 bridgehead atoms. The van der Waals surface area contributed by atoms with Gasteiger partial charge >= 0.3 is 0 Å². The fourth-order valence-electron chi connectivity index (χ4n) is 3.61. The predicted molar refractivity (Wildman–Crippen MR) is 127 cm³/mol. The van der Waals surface area contributed by atoms with Gasteiger partial charge in [-0.15, -0.1) is 5.10 Å². The van der Waals surface area contributed by atoms with Crippen LogP contribution >= 0.6 is 0 Å². The van der Waals surface area contributed by atoms with Gasteiger partial charge in [0.25, 0.3) is 0 Å². The number of nitrogens with one attached hydrogen (secondary N) is 1. The molecule has 172 valence electrons. The molecule has 0 spiro atoms. The number of ether oxygens (including phenoxy) is 2. The van der Waals surface area contributed by atoms with Gasteiger partial charge in [0.05, 0.1) is 38.2 Å². The molecule has 0 atom stereocenters. The lowest BCUT2D eigenvalue weighted by atomic mass is 9.96. The minimum atomic E-state index is -0.290. The molecule has 1 aromatic carbocycles. The van der Waals surface area contributed by atoms with E-state index in [-0.39, 0.29) is 11.7 Å². The second kappa shape index (κ2) is 10.7. The van der Waals surface area contributed by atoms with Gasteiger partial charge in [-0.3, -0.25) is 4.98 Å². The number of benzene rings is 1. The number of aryl methyl sites for hydroxylation is 1. The third-order valence-corrected chi connectivity index (χ3v) is 5.44. The van der Waals surface area contributed by atoms with Crippen molar-refractivity contribution in [3.8, 4) is 23.1 Å². The normalized spacial score (nSPS) is 15.7. The maximum atomic E-state index is 5.82. The van der Waals surface area contributed by atoms with E-state index >= 15 is 0 Å². The highest BCUT2D eigenvalue weighted by atomic mass is 16.7. The number of nitrogens with zero attached hydrogens (tertiary/aromatic N) is 4. The van der Waals surface area contributed by atoms with E-state index in [9.17, 15) is 0 Å². The van der Waals surface area contributed by atoms with Crippen LogP contribution in [0.4, 0.5) is 0 Å². The molecule has 3 heterocycles. The number of hydrogen-bond acceptors (Lipinski definition) is 6. The summed E-state index contributed by atoms with van der Waals surface area (Å²) in [6.07, 6.45) is 4.35. The van der Waals surface area contributed by atoms with Crippen LogP contribution in [-0.2, 0) is 29.0 Å². The van der Waals surface area contributed by atoms with Gasteiger partial charge in [-0.25, -0.2) is 4.68 Å². The van der Waals surface area contributed by atoms with E-state index in [0.717, 1.165) is 28.9 Å². The Morgan fingerprint density at radius 1 is 1.18 bits per heavy atom. The molecule has 33 heavy (non-hydrogen) atoms. The Balaban J connectivity index is 1.35. The number of pyridine rings is 1. The Hall–Kier alpha value is -3.05. The summed E-state index contributed by atoms with van der Waals surface area (Å²) in [5.74, 6) is 6.43. The monoisotopic (exact) mass is 445 g/mol. The Morgan fingerprint density at radius 3 is 2.79 bits per heavy atom. The highest BCUT2D eigenvalue weighted by Crippen LogP contribution is 2.25. The first-order valence-corrected chi connectivity index (χ1v) is 11.4. The van der Waals surface area contributed by atoms with Crippen molar-refractivity contribution in [3.05, 3.63) is 65.6 Å². The molecular weight excluding hydrogens is 414 g/mol. The van der Waals surface area contributed by atoms with Gasteiger partial charge < -0.3 is 14.8 Å². The molecule has 0 amide bonds. The van der Waals surface area contributed by atoms with Crippen LogP contribution in [0.15, 0.2) is 48.8 Å². The van der Waals surface area contributed by atoms with Crippen molar-refractivity contribution in [3.63, 3.8) is 0 Å². The minimum absolute atomic E-state index is 0.0554. The van der Waals surface area contributed by atoms with Crippen LogP contribution in [0.2, 0.25) is 0 Å². The molecule has 1 aliphatic rings. The zero-order chi connectivity index (χ0) is 23.1. The fourth-order valence-corrected chi connectivity index (χ4v) is 3.61. The van der Waals surface area contributed by atoms with Crippen LogP contribution in [0.1, 0.15) is 37.6 Å². The van der Waals surface area contributed by atoms with Crippen molar-refractivity contribution in [2.24, 2.45) is 5.41 Å². The van der Waals surface area contributed by atoms with Crippen LogP contribution in [0.5, 0.6) is 0 Å². The molecule has 7 nitrogen and oxygen atoms in total. The zero-order valence-corrected chi connectivity index (χ0v) is 19.5. The first kappa shape index (κ1) is 23.1. The molecule has 0 saturated carbocycles. The number of rotatable bonds is 7. The maximum absolute atomic E-state index is 5.82. The van der Waals surface area contributed by atoms with Crippen LogP contribution < -0.4 is 5.32 Å². The predicted octanol–water partition coefficient (Wildman–Crippen LogP) is 3.44. The number of aromatic nitrogens is 4. The highest BCUT2D eigenvalue weighted by molar-refractivity contribution is 5.64. The standard InChI is InChI=1S/C26H31N5O2/c1-4-21-14-20(8-7-12-27-15-22-9-5-6-13-28-22)10-11-23(21)24-16-31(30-29-24)17-25-32-18-26(2,3)19-33-25/h5-6,9-11,13-14,16,25,27H,4,12,15,17-19H2,1-3H3.